The van der Waals surface area contributed by atoms with E-state index in [0.717, 1.165) is 0 Å². The number of rotatable bonds is 5. The van der Waals surface area contributed by atoms with E-state index in [0.29, 0.717) is 41.7 Å². The van der Waals surface area contributed by atoms with Crippen LogP contribution in [0.25, 0.3) is 0 Å². The second-order valence-electron chi connectivity index (χ2n) is 7.42. The van der Waals surface area contributed by atoms with Crippen LogP contribution in [-0.4, -0.2) is 62.3 Å². The predicted octanol–water partition coefficient (Wildman–Crippen LogP) is 2.38. The summed E-state index contributed by atoms with van der Waals surface area (Å²) >= 11 is 0. The van der Waals surface area contributed by atoms with Gasteiger partial charge in [0.05, 0.1) is 32.9 Å². The number of benzene rings is 2. The molecule has 2 aliphatic rings. The van der Waals surface area contributed by atoms with Crippen molar-refractivity contribution >= 4 is 12.3 Å². The molecule has 9 nitrogen and oxygen atoms in total. The van der Waals surface area contributed by atoms with E-state index in [-0.39, 0.29) is 22.6 Å². The first-order valence-corrected chi connectivity index (χ1v) is 9.65. The van der Waals surface area contributed by atoms with Gasteiger partial charge in [-0.25, -0.2) is 4.79 Å². The van der Waals surface area contributed by atoms with Gasteiger partial charge in [0, 0.05) is 17.7 Å². The maximum atomic E-state index is 12.8. The van der Waals surface area contributed by atoms with Gasteiger partial charge in [-0.05, 0) is 25.1 Å². The fraction of sp³-hybridized carbons (Fsp3) is 0.364. The smallest absolute Gasteiger partial charge is 0.343 e. The zero-order valence-corrected chi connectivity index (χ0v) is 17.6. The van der Waals surface area contributed by atoms with Crippen molar-refractivity contribution in [3.63, 3.8) is 0 Å². The van der Waals surface area contributed by atoms with Crippen LogP contribution in [0.5, 0.6) is 28.7 Å². The molecule has 0 radical (unpaired) electrons. The molecule has 2 N–H and O–H groups in total. The molecule has 2 atom stereocenters. The van der Waals surface area contributed by atoms with Crippen molar-refractivity contribution < 1.29 is 38.7 Å². The Morgan fingerprint density at radius 2 is 1.81 bits per heavy atom. The molecule has 0 fully saturated rings. The highest BCUT2D eigenvalue weighted by atomic mass is 16.6. The van der Waals surface area contributed by atoms with Crippen LogP contribution in [0.4, 0.5) is 0 Å². The summed E-state index contributed by atoms with van der Waals surface area (Å²) in [5, 5.41) is 20.8. The molecule has 2 heterocycles. The number of aromatic hydroxyl groups is 2. The average Bonchev–Trinajstić information content (AvgIpc) is 3.10. The first kappa shape index (κ1) is 20.8. The van der Waals surface area contributed by atoms with Gasteiger partial charge in [-0.15, -0.1) is 0 Å². The highest BCUT2D eigenvalue weighted by molar-refractivity contribution is 5.98. The van der Waals surface area contributed by atoms with Gasteiger partial charge < -0.3 is 29.2 Å². The summed E-state index contributed by atoms with van der Waals surface area (Å²) in [6.45, 7) is 0.530. The molecule has 164 valence electrons. The number of phenols is 2. The van der Waals surface area contributed by atoms with E-state index >= 15 is 0 Å². The zero-order valence-electron chi connectivity index (χ0n) is 17.6. The lowest BCUT2D eigenvalue weighted by Gasteiger charge is -2.39. The Morgan fingerprint density at radius 3 is 2.42 bits per heavy atom. The van der Waals surface area contributed by atoms with Crippen LogP contribution in [0.3, 0.4) is 0 Å². The van der Waals surface area contributed by atoms with E-state index in [1.165, 1.54) is 21.3 Å². The average molecular weight is 429 g/mol. The Balaban J connectivity index is 1.96. The number of carbonyl (C=O) groups is 2. The van der Waals surface area contributed by atoms with Gasteiger partial charge >= 0.3 is 5.97 Å². The Morgan fingerprint density at radius 1 is 1.10 bits per heavy atom. The first-order valence-electron chi connectivity index (χ1n) is 9.65. The zero-order chi connectivity index (χ0) is 22.4. The number of esters is 1. The van der Waals surface area contributed by atoms with E-state index < -0.39 is 29.6 Å². The number of carbonyl (C=O) groups excluding carboxylic acids is 2. The number of hydrogen-bond donors (Lipinski definition) is 2. The molecular formula is C22H23NO8. The number of fused-ring (bicyclic) bond motifs is 2. The highest BCUT2D eigenvalue weighted by Gasteiger charge is 2.46. The SMILES string of the molecule is COc1ccc2c(c1OC)C(=O)OC2[C@H]1c2c(c(C=O)c(O)c(O)c2OC)CCN1C. The molecule has 2 aliphatic heterocycles. The monoisotopic (exact) mass is 429 g/mol. The number of phenolic OH excluding ortho intramolecular Hbond substituents is 2. The molecule has 2 aromatic rings. The maximum absolute atomic E-state index is 12.8. The van der Waals surface area contributed by atoms with Crippen molar-refractivity contribution in [2.75, 3.05) is 34.9 Å². The van der Waals surface area contributed by atoms with Gasteiger partial charge in [0.2, 0.25) is 5.75 Å². The number of aldehydes is 1. The van der Waals surface area contributed by atoms with Crippen molar-refractivity contribution in [3.8, 4) is 28.7 Å². The number of ether oxygens (including phenoxy) is 4. The van der Waals surface area contributed by atoms with Gasteiger partial charge in [0.1, 0.15) is 11.7 Å². The molecule has 0 saturated heterocycles. The summed E-state index contributed by atoms with van der Waals surface area (Å²) in [5.74, 6) is -0.891. The van der Waals surface area contributed by atoms with Gasteiger partial charge in [0.15, 0.2) is 29.3 Å². The van der Waals surface area contributed by atoms with Crippen LogP contribution in [-0.2, 0) is 11.2 Å². The summed E-state index contributed by atoms with van der Waals surface area (Å²) in [4.78, 5) is 26.5. The van der Waals surface area contributed by atoms with Crippen molar-refractivity contribution in [2.24, 2.45) is 0 Å². The third kappa shape index (κ3) is 2.88. The van der Waals surface area contributed by atoms with E-state index in [4.69, 9.17) is 18.9 Å². The fourth-order valence-corrected chi connectivity index (χ4v) is 4.60. The molecule has 0 bridgehead atoms. The second-order valence-corrected chi connectivity index (χ2v) is 7.42. The van der Waals surface area contributed by atoms with Crippen LogP contribution in [0, 0.1) is 0 Å². The third-order valence-electron chi connectivity index (χ3n) is 6.01. The lowest BCUT2D eigenvalue weighted by molar-refractivity contribution is 0.00862. The summed E-state index contributed by atoms with van der Waals surface area (Å²) in [6, 6.07) is 2.85. The Labute approximate surface area is 178 Å². The van der Waals surface area contributed by atoms with E-state index in [2.05, 4.69) is 0 Å². The van der Waals surface area contributed by atoms with Crippen LogP contribution in [0.2, 0.25) is 0 Å². The van der Waals surface area contributed by atoms with E-state index in [1.807, 2.05) is 11.9 Å². The van der Waals surface area contributed by atoms with Crippen LogP contribution in [0.1, 0.15) is 49.6 Å². The lowest BCUT2D eigenvalue weighted by atomic mass is 9.83. The van der Waals surface area contributed by atoms with Crippen LogP contribution < -0.4 is 14.2 Å². The Bertz CT molecular complexity index is 1080. The molecule has 0 aromatic heterocycles. The predicted molar refractivity (Wildman–Crippen MR) is 108 cm³/mol. The summed E-state index contributed by atoms with van der Waals surface area (Å²) in [6.07, 6.45) is 0.196. The van der Waals surface area contributed by atoms with Crippen molar-refractivity contribution in [2.45, 2.75) is 18.6 Å². The van der Waals surface area contributed by atoms with Crippen molar-refractivity contribution in [1.29, 1.82) is 0 Å². The van der Waals surface area contributed by atoms with E-state index in [1.54, 1.807) is 12.1 Å². The van der Waals surface area contributed by atoms with Gasteiger partial charge in [-0.2, -0.15) is 0 Å². The summed E-state index contributed by atoms with van der Waals surface area (Å²) in [7, 11) is 6.14. The molecule has 2 aromatic carbocycles. The minimum Gasteiger partial charge on any atom is -0.504 e. The topological polar surface area (TPSA) is 115 Å². The molecule has 0 spiro atoms. The number of likely N-dealkylation sites (N-methyl/N-ethyl adjacent to an activating group) is 1. The highest BCUT2D eigenvalue weighted by Crippen LogP contribution is 2.55. The minimum atomic E-state index is -0.760. The second kappa shape index (κ2) is 7.66. The van der Waals surface area contributed by atoms with Crippen molar-refractivity contribution in [1.82, 2.24) is 4.90 Å². The normalized spacial score (nSPS) is 19.9. The largest absolute Gasteiger partial charge is 0.504 e. The number of methoxy groups -OCH3 is 3. The van der Waals surface area contributed by atoms with Crippen LogP contribution in [0.15, 0.2) is 12.1 Å². The molecule has 0 amide bonds. The van der Waals surface area contributed by atoms with Gasteiger partial charge in [0.25, 0.3) is 0 Å². The fourth-order valence-electron chi connectivity index (χ4n) is 4.60. The number of nitrogens with zero attached hydrogens (tertiary/aromatic N) is 1. The molecule has 0 aliphatic carbocycles. The van der Waals surface area contributed by atoms with Gasteiger partial charge in [-0.3, -0.25) is 9.69 Å². The summed E-state index contributed by atoms with van der Waals surface area (Å²) < 4.78 is 21.9. The molecule has 31 heavy (non-hydrogen) atoms. The maximum Gasteiger partial charge on any atom is 0.343 e. The van der Waals surface area contributed by atoms with Gasteiger partial charge in [-0.1, -0.05) is 6.07 Å². The lowest BCUT2D eigenvalue weighted by Crippen LogP contribution is -2.37. The quantitative estimate of drug-likeness (QED) is 0.420. The summed E-state index contributed by atoms with van der Waals surface area (Å²) in [5.41, 5.74) is 1.91. The standard InChI is InChI=1S/C22H23NO8/c1-23-8-7-10-12(9-24)17(25)18(26)21(30-4)14(10)16(23)19-11-5-6-13(28-2)20(29-3)15(11)22(27)31-19/h5-6,9,16,19,25-26H,7-8H2,1-4H3/t16-,19?/m1/s1. The molecular weight excluding hydrogens is 406 g/mol. The molecule has 9 heteroatoms. The molecule has 0 saturated carbocycles. The number of cyclic esters (lactones) is 1. The molecule has 4 rings (SSSR count). The van der Waals surface area contributed by atoms with Crippen molar-refractivity contribution in [3.05, 3.63) is 39.9 Å². The number of hydrogen-bond acceptors (Lipinski definition) is 9. The Kier molecular flexibility index (Phi) is 5.14. The third-order valence-corrected chi connectivity index (χ3v) is 6.01. The first-order chi connectivity index (χ1) is 14.9. The van der Waals surface area contributed by atoms with Crippen LogP contribution >= 0.6 is 0 Å². The Hall–Kier alpha value is -3.46. The van der Waals surface area contributed by atoms with E-state index in [9.17, 15) is 19.8 Å². The molecule has 1 unspecified atom stereocenters. The minimum absolute atomic E-state index is 0.00302.